The topological polar surface area (TPSA) is 38.7 Å². The van der Waals surface area contributed by atoms with Gasteiger partial charge in [0.05, 0.1) is 12.7 Å². The summed E-state index contributed by atoms with van der Waals surface area (Å²) in [5.41, 5.74) is 1.16. The van der Waals surface area contributed by atoms with Gasteiger partial charge in [-0.3, -0.25) is 0 Å². The summed E-state index contributed by atoms with van der Waals surface area (Å²) >= 11 is 0. The van der Waals surface area contributed by atoms with Gasteiger partial charge in [-0.25, -0.2) is 0 Å². The number of hydrogen-bond donors (Lipinski definition) is 1. The maximum atomic E-state index is 9.67. The Labute approximate surface area is 115 Å². The first-order valence-corrected chi connectivity index (χ1v) is 7.18. The number of hydrogen-bond acceptors (Lipinski definition) is 3. The van der Waals surface area contributed by atoms with E-state index in [1.54, 1.807) is 0 Å². The van der Waals surface area contributed by atoms with Gasteiger partial charge in [-0.1, -0.05) is 36.0 Å². The van der Waals surface area contributed by atoms with Crippen LogP contribution in [0.5, 0.6) is 0 Å². The van der Waals surface area contributed by atoms with Gasteiger partial charge in [0.2, 0.25) is 0 Å². The van der Waals surface area contributed by atoms with Gasteiger partial charge in [-0.05, 0) is 32.6 Å². The lowest BCUT2D eigenvalue weighted by Gasteiger charge is -2.22. The second-order valence-corrected chi connectivity index (χ2v) is 5.25. The molecule has 0 amide bonds. The fraction of sp³-hybridized carbons (Fsp3) is 0.625. The summed E-state index contributed by atoms with van der Waals surface area (Å²) in [7, 11) is 0. The first-order chi connectivity index (χ1) is 9.25. The molecule has 0 spiro atoms. The number of ether oxygens (including phenoxy) is 2. The molecular formula is C16H24O3. The molecule has 3 atom stereocenters. The molecule has 1 aliphatic carbocycles. The molecule has 3 nitrogen and oxygen atoms in total. The summed E-state index contributed by atoms with van der Waals surface area (Å²) in [5, 5.41) is 9.67. The highest BCUT2D eigenvalue weighted by molar-refractivity contribution is 5.20. The minimum Gasteiger partial charge on any atom is -0.392 e. The molecule has 0 aromatic rings. The van der Waals surface area contributed by atoms with Gasteiger partial charge >= 0.3 is 0 Å². The largest absolute Gasteiger partial charge is 0.392 e. The summed E-state index contributed by atoms with van der Waals surface area (Å²) in [5.74, 6) is 0.158. The molecule has 19 heavy (non-hydrogen) atoms. The molecule has 0 radical (unpaired) electrons. The van der Waals surface area contributed by atoms with Gasteiger partial charge in [0.15, 0.2) is 6.29 Å². The predicted octanol–water partition coefficient (Wildman–Crippen LogP) is 2.97. The van der Waals surface area contributed by atoms with Crippen molar-refractivity contribution in [3.05, 3.63) is 36.0 Å². The van der Waals surface area contributed by atoms with Gasteiger partial charge in [0.1, 0.15) is 0 Å². The van der Waals surface area contributed by atoms with Crippen molar-refractivity contribution in [1.82, 2.24) is 0 Å². The SMILES string of the molecule is CC(/C=C\C1C=CC[C@H]1O)=C\COC1CCCCO1. The molecule has 0 saturated carbocycles. The minimum atomic E-state index is -0.254. The van der Waals surface area contributed by atoms with Crippen molar-refractivity contribution in [1.29, 1.82) is 0 Å². The highest BCUT2D eigenvalue weighted by Gasteiger charge is 2.16. The fourth-order valence-electron chi connectivity index (χ4n) is 2.31. The van der Waals surface area contributed by atoms with Crippen molar-refractivity contribution < 1.29 is 14.6 Å². The third kappa shape index (κ3) is 4.94. The van der Waals surface area contributed by atoms with E-state index in [0.717, 1.165) is 31.4 Å². The molecule has 1 saturated heterocycles. The van der Waals surface area contributed by atoms with Crippen molar-refractivity contribution >= 4 is 0 Å². The van der Waals surface area contributed by atoms with Gasteiger partial charge < -0.3 is 14.6 Å². The molecule has 2 aliphatic rings. The van der Waals surface area contributed by atoms with E-state index >= 15 is 0 Å². The summed E-state index contributed by atoms with van der Waals surface area (Å²) in [4.78, 5) is 0. The van der Waals surface area contributed by atoms with Crippen molar-refractivity contribution in [3.63, 3.8) is 0 Å². The van der Waals surface area contributed by atoms with E-state index < -0.39 is 0 Å². The maximum absolute atomic E-state index is 9.67. The van der Waals surface area contributed by atoms with E-state index in [1.165, 1.54) is 6.42 Å². The standard InChI is InChI=1S/C16H24O3/c1-13(8-9-14-5-4-6-15(14)17)10-12-19-16-7-2-3-11-18-16/h4-5,8-10,14-17H,2-3,6-7,11-12H2,1H3/b9-8-,13-10+/t14?,15-,16?/m1/s1. The Kier molecular flexibility index (Phi) is 5.83. The van der Waals surface area contributed by atoms with Gasteiger partial charge in [-0.2, -0.15) is 0 Å². The minimum absolute atomic E-state index is 0.0265. The average Bonchev–Trinajstić information content (AvgIpc) is 2.83. The number of aliphatic hydroxyl groups excluding tert-OH is 1. The molecular weight excluding hydrogens is 240 g/mol. The molecule has 0 bridgehead atoms. The molecule has 1 N–H and O–H groups in total. The van der Waals surface area contributed by atoms with Crippen LogP contribution in [0.15, 0.2) is 36.0 Å². The number of allylic oxidation sites excluding steroid dienone is 2. The lowest BCUT2D eigenvalue weighted by Crippen LogP contribution is -2.22. The molecule has 0 aromatic carbocycles. The molecule has 1 fully saturated rings. The molecule has 2 unspecified atom stereocenters. The molecule has 2 rings (SSSR count). The van der Waals surface area contributed by atoms with E-state index in [9.17, 15) is 5.11 Å². The van der Waals surface area contributed by atoms with Crippen molar-refractivity contribution in [2.24, 2.45) is 5.92 Å². The zero-order valence-electron chi connectivity index (χ0n) is 11.6. The third-order valence-corrected chi connectivity index (χ3v) is 3.59. The fourth-order valence-corrected chi connectivity index (χ4v) is 2.31. The van der Waals surface area contributed by atoms with Crippen molar-refractivity contribution in [2.45, 2.75) is 45.0 Å². The summed E-state index contributed by atoms with van der Waals surface area (Å²) < 4.78 is 11.2. The Hall–Kier alpha value is -0.900. The molecule has 106 valence electrons. The number of aliphatic hydroxyl groups is 1. The summed E-state index contributed by atoms with van der Waals surface area (Å²) in [6.45, 7) is 3.45. The zero-order chi connectivity index (χ0) is 13.5. The quantitative estimate of drug-likeness (QED) is 0.613. The van der Waals surface area contributed by atoms with Crippen LogP contribution < -0.4 is 0 Å². The van der Waals surface area contributed by atoms with E-state index in [0.29, 0.717) is 6.61 Å². The molecule has 3 heteroatoms. The second-order valence-electron chi connectivity index (χ2n) is 5.25. The smallest absolute Gasteiger partial charge is 0.157 e. The van der Waals surface area contributed by atoms with Crippen LogP contribution >= 0.6 is 0 Å². The van der Waals surface area contributed by atoms with Gasteiger partial charge in [0.25, 0.3) is 0 Å². The van der Waals surface area contributed by atoms with Crippen LogP contribution in [0.2, 0.25) is 0 Å². The highest BCUT2D eigenvalue weighted by Crippen LogP contribution is 2.19. The Morgan fingerprint density at radius 3 is 3.05 bits per heavy atom. The maximum Gasteiger partial charge on any atom is 0.157 e. The zero-order valence-corrected chi connectivity index (χ0v) is 11.6. The van der Waals surface area contributed by atoms with Crippen LogP contribution in [0.4, 0.5) is 0 Å². The lowest BCUT2D eigenvalue weighted by atomic mass is 10.0. The van der Waals surface area contributed by atoms with Crippen LogP contribution in [-0.4, -0.2) is 30.7 Å². The summed E-state index contributed by atoms with van der Waals surface area (Å²) in [6, 6.07) is 0. The highest BCUT2D eigenvalue weighted by atomic mass is 16.7. The summed E-state index contributed by atoms with van der Waals surface area (Å²) in [6.07, 6.45) is 14.1. The van der Waals surface area contributed by atoms with Crippen molar-refractivity contribution in [2.75, 3.05) is 13.2 Å². The van der Waals surface area contributed by atoms with E-state index in [4.69, 9.17) is 9.47 Å². The van der Waals surface area contributed by atoms with E-state index in [-0.39, 0.29) is 18.3 Å². The Morgan fingerprint density at radius 2 is 2.37 bits per heavy atom. The van der Waals surface area contributed by atoms with Crippen LogP contribution in [0.25, 0.3) is 0 Å². The molecule has 0 aromatic heterocycles. The van der Waals surface area contributed by atoms with E-state index in [2.05, 4.69) is 24.3 Å². The molecule has 1 heterocycles. The Morgan fingerprint density at radius 1 is 1.47 bits per heavy atom. The second kappa shape index (κ2) is 7.63. The van der Waals surface area contributed by atoms with Crippen molar-refractivity contribution in [3.8, 4) is 0 Å². The first kappa shape index (κ1) is 14.5. The average molecular weight is 264 g/mol. The predicted molar refractivity (Wildman–Crippen MR) is 75.7 cm³/mol. The first-order valence-electron chi connectivity index (χ1n) is 7.18. The van der Waals surface area contributed by atoms with Gasteiger partial charge in [0, 0.05) is 12.5 Å². The number of rotatable bonds is 5. The van der Waals surface area contributed by atoms with Crippen LogP contribution in [0.3, 0.4) is 0 Å². The Bertz CT molecular complexity index is 351. The van der Waals surface area contributed by atoms with E-state index in [1.807, 2.05) is 13.0 Å². The normalized spacial score (nSPS) is 32.3. The van der Waals surface area contributed by atoms with Gasteiger partial charge in [-0.15, -0.1) is 0 Å². The van der Waals surface area contributed by atoms with Crippen LogP contribution in [-0.2, 0) is 9.47 Å². The monoisotopic (exact) mass is 264 g/mol. The van der Waals surface area contributed by atoms with Crippen LogP contribution in [0, 0.1) is 5.92 Å². The third-order valence-electron chi connectivity index (χ3n) is 3.59. The van der Waals surface area contributed by atoms with Crippen LogP contribution in [0.1, 0.15) is 32.6 Å². The molecule has 1 aliphatic heterocycles. The Balaban J connectivity index is 1.69. The lowest BCUT2D eigenvalue weighted by molar-refractivity contribution is -0.155.